The molecule has 20 heavy (non-hydrogen) atoms. The number of rotatable bonds is 4. The molecular formula is C17H19Cl2N. The first-order valence-electron chi connectivity index (χ1n) is 6.74. The number of halogens is 2. The summed E-state index contributed by atoms with van der Waals surface area (Å²) >= 11 is 12.2. The Labute approximate surface area is 130 Å². The van der Waals surface area contributed by atoms with E-state index < -0.39 is 0 Å². The van der Waals surface area contributed by atoms with Crippen LogP contribution < -0.4 is 5.32 Å². The summed E-state index contributed by atoms with van der Waals surface area (Å²) in [7, 11) is 1.94. The number of nitrogens with one attached hydrogen (secondary N) is 1. The summed E-state index contributed by atoms with van der Waals surface area (Å²) in [6.07, 6.45) is 0. The second kappa shape index (κ2) is 6.62. The van der Waals surface area contributed by atoms with Crippen molar-refractivity contribution < 1.29 is 0 Å². The van der Waals surface area contributed by atoms with Gasteiger partial charge in [0.15, 0.2) is 0 Å². The fraction of sp³-hybridized carbons (Fsp3) is 0.294. The molecule has 1 atom stereocenters. The van der Waals surface area contributed by atoms with Crippen molar-refractivity contribution in [2.75, 3.05) is 7.05 Å². The topological polar surface area (TPSA) is 12.0 Å². The molecule has 0 amide bonds. The van der Waals surface area contributed by atoms with Crippen molar-refractivity contribution in [3.63, 3.8) is 0 Å². The van der Waals surface area contributed by atoms with Crippen LogP contribution in [-0.2, 0) is 0 Å². The van der Waals surface area contributed by atoms with Crippen molar-refractivity contribution in [1.82, 2.24) is 5.32 Å². The molecule has 2 rings (SSSR count). The predicted molar refractivity (Wildman–Crippen MR) is 87.9 cm³/mol. The molecule has 0 aliphatic heterocycles. The lowest BCUT2D eigenvalue weighted by atomic mass is 9.95. The molecule has 0 fully saturated rings. The van der Waals surface area contributed by atoms with Crippen LogP contribution in [0.4, 0.5) is 0 Å². The van der Waals surface area contributed by atoms with Crippen LogP contribution in [0.15, 0.2) is 42.5 Å². The molecule has 106 valence electrons. The van der Waals surface area contributed by atoms with Gasteiger partial charge in [-0.25, -0.2) is 0 Å². The molecular weight excluding hydrogens is 289 g/mol. The highest BCUT2D eigenvalue weighted by Gasteiger charge is 2.13. The molecule has 2 aromatic carbocycles. The van der Waals surface area contributed by atoms with E-state index in [1.807, 2.05) is 19.2 Å². The summed E-state index contributed by atoms with van der Waals surface area (Å²) in [5.41, 5.74) is 3.62. The highest BCUT2D eigenvalue weighted by Crippen LogP contribution is 2.28. The van der Waals surface area contributed by atoms with E-state index in [0.29, 0.717) is 16.0 Å². The average Bonchev–Trinajstić information content (AvgIpc) is 2.39. The predicted octanol–water partition coefficient (Wildman–Crippen LogP) is 5.43. The SMILES string of the molecule is CNC(c1ccc(C(C)C)cc1)c1cc(Cl)cc(Cl)c1. The van der Waals surface area contributed by atoms with Gasteiger partial charge in [0.05, 0.1) is 6.04 Å². The van der Waals surface area contributed by atoms with Gasteiger partial charge in [-0.15, -0.1) is 0 Å². The summed E-state index contributed by atoms with van der Waals surface area (Å²) < 4.78 is 0. The van der Waals surface area contributed by atoms with Crippen LogP contribution in [0.5, 0.6) is 0 Å². The summed E-state index contributed by atoms with van der Waals surface area (Å²) in [5.74, 6) is 0.540. The first-order chi connectivity index (χ1) is 9.51. The fourth-order valence-electron chi connectivity index (χ4n) is 2.34. The van der Waals surface area contributed by atoms with Gasteiger partial charge in [-0.05, 0) is 47.9 Å². The fourth-order valence-corrected chi connectivity index (χ4v) is 2.88. The van der Waals surface area contributed by atoms with Crippen LogP contribution in [0.2, 0.25) is 10.0 Å². The molecule has 0 radical (unpaired) electrons. The van der Waals surface area contributed by atoms with Gasteiger partial charge in [-0.3, -0.25) is 0 Å². The van der Waals surface area contributed by atoms with E-state index >= 15 is 0 Å². The molecule has 0 aliphatic rings. The third-order valence-corrected chi connectivity index (χ3v) is 3.88. The lowest BCUT2D eigenvalue weighted by Crippen LogP contribution is -2.17. The van der Waals surface area contributed by atoms with Crippen molar-refractivity contribution >= 4 is 23.2 Å². The minimum atomic E-state index is 0.0902. The normalized spacial score (nSPS) is 12.7. The Bertz CT molecular complexity index is 556. The first-order valence-corrected chi connectivity index (χ1v) is 7.50. The van der Waals surface area contributed by atoms with E-state index in [2.05, 4.69) is 43.4 Å². The van der Waals surface area contributed by atoms with Crippen LogP contribution >= 0.6 is 23.2 Å². The Balaban J connectivity index is 2.36. The van der Waals surface area contributed by atoms with Crippen LogP contribution in [-0.4, -0.2) is 7.05 Å². The van der Waals surface area contributed by atoms with E-state index in [0.717, 1.165) is 5.56 Å². The van der Waals surface area contributed by atoms with Crippen molar-refractivity contribution in [3.05, 3.63) is 69.2 Å². The number of hydrogen-bond acceptors (Lipinski definition) is 1. The van der Waals surface area contributed by atoms with Crippen LogP contribution in [0.25, 0.3) is 0 Å². The summed E-state index contributed by atoms with van der Waals surface area (Å²) in [5, 5.41) is 4.64. The molecule has 3 heteroatoms. The van der Waals surface area contributed by atoms with Crippen LogP contribution in [0.1, 0.15) is 42.5 Å². The van der Waals surface area contributed by atoms with Crippen LogP contribution in [0.3, 0.4) is 0 Å². The minimum Gasteiger partial charge on any atom is -0.309 e. The van der Waals surface area contributed by atoms with Crippen molar-refractivity contribution in [1.29, 1.82) is 0 Å². The van der Waals surface area contributed by atoms with Gasteiger partial charge in [-0.2, -0.15) is 0 Å². The lowest BCUT2D eigenvalue weighted by molar-refractivity contribution is 0.691. The van der Waals surface area contributed by atoms with Gasteiger partial charge in [0.2, 0.25) is 0 Å². The number of hydrogen-bond donors (Lipinski definition) is 1. The van der Waals surface area contributed by atoms with Gasteiger partial charge in [-0.1, -0.05) is 61.3 Å². The second-order valence-corrected chi connectivity index (χ2v) is 6.12. The summed E-state index contributed by atoms with van der Waals surface area (Å²) in [4.78, 5) is 0. The van der Waals surface area contributed by atoms with Crippen LogP contribution in [0, 0.1) is 0 Å². The van der Waals surface area contributed by atoms with Gasteiger partial charge >= 0.3 is 0 Å². The van der Waals surface area contributed by atoms with Gasteiger partial charge in [0.25, 0.3) is 0 Å². The van der Waals surface area contributed by atoms with Gasteiger partial charge in [0.1, 0.15) is 0 Å². The molecule has 0 heterocycles. The van der Waals surface area contributed by atoms with Crippen molar-refractivity contribution in [3.8, 4) is 0 Å². The maximum absolute atomic E-state index is 6.09. The Morgan fingerprint density at radius 1 is 0.800 bits per heavy atom. The van der Waals surface area contributed by atoms with E-state index in [-0.39, 0.29) is 6.04 Å². The van der Waals surface area contributed by atoms with Crippen molar-refractivity contribution in [2.45, 2.75) is 25.8 Å². The highest BCUT2D eigenvalue weighted by molar-refractivity contribution is 6.34. The summed E-state index contributed by atoms with van der Waals surface area (Å²) in [6.45, 7) is 4.39. The van der Waals surface area contributed by atoms with E-state index in [1.165, 1.54) is 11.1 Å². The zero-order valence-corrected chi connectivity index (χ0v) is 13.5. The maximum Gasteiger partial charge on any atom is 0.0575 e. The van der Waals surface area contributed by atoms with E-state index in [1.54, 1.807) is 6.07 Å². The lowest BCUT2D eigenvalue weighted by Gasteiger charge is -2.19. The van der Waals surface area contributed by atoms with E-state index in [9.17, 15) is 0 Å². The Kier molecular flexibility index (Phi) is 5.09. The summed E-state index contributed by atoms with van der Waals surface area (Å²) in [6, 6.07) is 14.4. The van der Waals surface area contributed by atoms with E-state index in [4.69, 9.17) is 23.2 Å². The molecule has 0 saturated carbocycles. The third-order valence-electron chi connectivity index (χ3n) is 3.44. The third kappa shape index (κ3) is 3.54. The molecule has 1 nitrogen and oxygen atoms in total. The highest BCUT2D eigenvalue weighted by atomic mass is 35.5. The monoisotopic (exact) mass is 307 g/mol. The minimum absolute atomic E-state index is 0.0902. The molecule has 1 N–H and O–H groups in total. The quantitative estimate of drug-likeness (QED) is 0.794. The smallest absolute Gasteiger partial charge is 0.0575 e. The molecule has 0 aliphatic carbocycles. The Morgan fingerprint density at radius 2 is 1.30 bits per heavy atom. The molecule has 0 aromatic heterocycles. The zero-order chi connectivity index (χ0) is 14.7. The van der Waals surface area contributed by atoms with Gasteiger partial charge in [0, 0.05) is 10.0 Å². The molecule has 1 unspecified atom stereocenters. The molecule has 0 saturated heterocycles. The standard InChI is InChI=1S/C17H19Cl2N/c1-11(2)12-4-6-13(7-5-12)17(20-3)14-8-15(18)10-16(19)9-14/h4-11,17,20H,1-3H3. The van der Waals surface area contributed by atoms with Crippen molar-refractivity contribution in [2.24, 2.45) is 0 Å². The first kappa shape index (κ1) is 15.4. The second-order valence-electron chi connectivity index (χ2n) is 5.25. The number of benzene rings is 2. The Morgan fingerprint density at radius 3 is 1.75 bits per heavy atom. The average molecular weight is 308 g/mol. The maximum atomic E-state index is 6.09. The Hall–Kier alpha value is -1.02. The molecule has 2 aromatic rings. The zero-order valence-electron chi connectivity index (χ0n) is 12.0. The molecule has 0 bridgehead atoms. The largest absolute Gasteiger partial charge is 0.309 e. The molecule has 0 spiro atoms. The van der Waals surface area contributed by atoms with Gasteiger partial charge < -0.3 is 5.32 Å².